The van der Waals surface area contributed by atoms with Gasteiger partial charge in [-0.1, -0.05) is 206 Å². The summed E-state index contributed by atoms with van der Waals surface area (Å²) in [4.78, 5) is 2.41. The van der Waals surface area contributed by atoms with E-state index in [0.29, 0.717) is 0 Å². The van der Waals surface area contributed by atoms with Gasteiger partial charge in [0.2, 0.25) is 0 Å². The average molecular weight is 906 g/mol. The van der Waals surface area contributed by atoms with Crippen LogP contribution in [0.1, 0.15) is 44.5 Å². The van der Waals surface area contributed by atoms with Crippen LogP contribution in [-0.4, -0.2) is 0 Å². The van der Waals surface area contributed by atoms with Gasteiger partial charge in [-0.15, -0.1) is 11.3 Å². The van der Waals surface area contributed by atoms with E-state index < -0.39 is 10.8 Å². The third-order valence-electron chi connectivity index (χ3n) is 15.8. The summed E-state index contributed by atoms with van der Waals surface area (Å²) in [6.45, 7) is 0. The van der Waals surface area contributed by atoms with E-state index in [1.54, 1.807) is 0 Å². The second-order valence-corrected chi connectivity index (χ2v) is 20.1. The minimum atomic E-state index is -0.543. The Morgan fingerprint density at radius 1 is 0.257 bits per heavy atom. The molecule has 2 heteroatoms. The molecule has 70 heavy (non-hydrogen) atoms. The minimum absolute atomic E-state index is 0.467. The molecule has 11 aromatic carbocycles. The van der Waals surface area contributed by atoms with Gasteiger partial charge in [-0.2, -0.15) is 0 Å². The van der Waals surface area contributed by atoms with E-state index in [4.69, 9.17) is 0 Å². The highest BCUT2D eigenvalue weighted by molar-refractivity contribution is 7.25. The quantitative estimate of drug-likeness (QED) is 0.166. The lowest BCUT2D eigenvalue weighted by Gasteiger charge is -2.48. The van der Waals surface area contributed by atoms with Crippen molar-refractivity contribution in [3.05, 3.63) is 305 Å². The van der Waals surface area contributed by atoms with Crippen LogP contribution < -0.4 is 4.90 Å². The number of rotatable bonds is 5. The predicted octanol–water partition coefficient (Wildman–Crippen LogP) is 17.9. The monoisotopic (exact) mass is 905 g/mol. The Bertz CT molecular complexity index is 3990. The van der Waals surface area contributed by atoms with E-state index in [-0.39, 0.29) is 0 Å². The van der Waals surface area contributed by atoms with Gasteiger partial charge in [-0.25, -0.2) is 0 Å². The van der Waals surface area contributed by atoms with Crippen molar-refractivity contribution in [2.24, 2.45) is 0 Å². The SMILES string of the molecule is c1ccc(N(c2ccc(-c3ccc4c(c3)C3(c5ccccc5-4)c4ccccc4C4(c5ccccc5-c5ccccc54)c4ccccc43)cc2)c2ccccc2-c2ccc3sc4ccccc4c3c2)cc1. The number of hydrogen-bond acceptors (Lipinski definition) is 2. The fourth-order valence-electron chi connectivity index (χ4n) is 13.0. The zero-order chi connectivity index (χ0) is 46.0. The first-order valence-corrected chi connectivity index (χ1v) is 25.1. The minimum Gasteiger partial charge on any atom is -0.310 e. The largest absolute Gasteiger partial charge is 0.310 e. The molecule has 0 saturated heterocycles. The molecule has 1 aromatic heterocycles. The van der Waals surface area contributed by atoms with Crippen molar-refractivity contribution in [2.75, 3.05) is 4.90 Å². The molecule has 1 nitrogen and oxygen atoms in total. The van der Waals surface area contributed by atoms with Crippen LogP contribution in [0.2, 0.25) is 0 Å². The summed E-state index contributed by atoms with van der Waals surface area (Å²) in [5.41, 5.74) is 23.2. The smallest absolute Gasteiger partial charge is 0.0720 e. The molecule has 0 N–H and O–H groups in total. The number of thiophene rings is 1. The van der Waals surface area contributed by atoms with Crippen molar-refractivity contribution >= 4 is 48.6 Å². The van der Waals surface area contributed by atoms with Crippen LogP contribution in [-0.2, 0) is 10.8 Å². The molecule has 2 spiro atoms. The lowest BCUT2D eigenvalue weighted by atomic mass is 9.52. The van der Waals surface area contributed by atoms with Gasteiger partial charge >= 0.3 is 0 Å². The Labute approximate surface area is 411 Å². The molecule has 3 aliphatic carbocycles. The van der Waals surface area contributed by atoms with Gasteiger partial charge in [0, 0.05) is 37.1 Å². The molecular formula is C68H43NS. The summed E-state index contributed by atoms with van der Waals surface area (Å²) in [5.74, 6) is 0. The lowest BCUT2D eigenvalue weighted by molar-refractivity contribution is 0.633. The molecule has 0 aliphatic heterocycles. The molecule has 0 unspecified atom stereocenters. The summed E-state index contributed by atoms with van der Waals surface area (Å²) in [5, 5.41) is 2.61. The molecule has 1 heterocycles. The van der Waals surface area contributed by atoms with Gasteiger partial charge < -0.3 is 4.90 Å². The zero-order valence-electron chi connectivity index (χ0n) is 38.2. The standard InChI is InChI=1S/C68H43NS/c1-2-18-47(19-3-1)69(64-32-16-7-20-49(64)46-37-41-66-55(42-46)54-24-8-17-33-65(54)70-66)48-38-34-44(35-39-48)45-36-40-53-52-23-6-11-27-58(52)68(63(53)43-45)61-30-14-12-28-59(61)67(60-29-13-15-31-62(60)68)56-25-9-4-21-50(56)51-22-5-10-26-57(51)67/h1-43H. The Balaban J connectivity index is 0.896. The van der Waals surface area contributed by atoms with Gasteiger partial charge in [-0.05, 0) is 138 Å². The Kier molecular flexibility index (Phi) is 8.43. The first-order chi connectivity index (χ1) is 34.7. The van der Waals surface area contributed by atoms with Crippen LogP contribution in [0.5, 0.6) is 0 Å². The van der Waals surface area contributed by atoms with Crippen LogP contribution in [0.4, 0.5) is 17.1 Å². The Morgan fingerprint density at radius 2 is 0.686 bits per heavy atom. The second kappa shape index (κ2) is 15.0. The van der Waals surface area contributed by atoms with Crippen molar-refractivity contribution in [2.45, 2.75) is 10.8 Å². The van der Waals surface area contributed by atoms with E-state index in [2.05, 4.69) is 266 Å². The number of nitrogens with zero attached hydrogens (tertiary/aromatic N) is 1. The van der Waals surface area contributed by atoms with Gasteiger partial charge in [0.05, 0.1) is 16.5 Å². The summed E-state index contributed by atoms with van der Waals surface area (Å²) < 4.78 is 2.63. The first kappa shape index (κ1) is 39.4. The van der Waals surface area contributed by atoms with Crippen molar-refractivity contribution in [1.82, 2.24) is 0 Å². The van der Waals surface area contributed by atoms with Crippen LogP contribution in [0, 0.1) is 0 Å². The van der Waals surface area contributed by atoms with Gasteiger partial charge in [0.25, 0.3) is 0 Å². The predicted molar refractivity (Wildman–Crippen MR) is 293 cm³/mol. The highest BCUT2D eigenvalue weighted by Gasteiger charge is 2.58. The van der Waals surface area contributed by atoms with Gasteiger partial charge in [-0.3, -0.25) is 0 Å². The average Bonchev–Trinajstić information content (AvgIpc) is 4.06. The normalized spacial score (nSPS) is 13.9. The molecule has 3 aliphatic rings. The maximum Gasteiger partial charge on any atom is 0.0720 e. The van der Waals surface area contributed by atoms with Crippen LogP contribution in [0.3, 0.4) is 0 Å². The van der Waals surface area contributed by atoms with E-state index >= 15 is 0 Å². The van der Waals surface area contributed by atoms with Gasteiger partial charge in [0.15, 0.2) is 0 Å². The van der Waals surface area contributed by atoms with E-state index in [9.17, 15) is 0 Å². The fourth-order valence-corrected chi connectivity index (χ4v) is 14.1. The third kappa shape index (κ3) is 5.26. The van der Waals surface area contributed by atoms with Crippen molar-refractivity contribution in [3.63, 3.8) is 0 Å². The van der Waals surface area contributed by atoms with Crippen LogP contribution in [0.25, 0.3) is 64.7 Å². The molecular weight excluding hydrogens is 863 g/mol. The maximum atomic E-state index is 2.51. The van der Waals surface area contributed by atoms with E-state index in [0.717, 1.165) is 17.1 Å². The second-order valence-electron chi connectivity index (χ2n) is 19.0. The lowest BCUT2D eigenvalue weighted by Crippen LogP contribution is -2.43. The number of fused-ring (bicyclic) bond motifs is 19. The topological polar surface area (TPSA) is 3.24 Å². The number of anilines is 3. The first-order valence-electron chi connectivity index (χ1n) is 24.3. The molecule has 15 rings (SSSR count). The van der Waals surface area contributed by atoms with Gasteiger partial charge in [0.1, 0.15) is 0 Å². The number of para-hydroxylation sites is 2. The van der Waals surface area contributed by atoms with E-state index in [1.165, 1.54) is 109 Å². The summed E-state index contributed by atoms with van der Waals surface area (Å²) in [6, 6.07) is 98.0. The summed E-state index contributed by atoms with van der Waals surface area (Å²) >= 11 is 1.86. The molecule has 0 saturated carbocycles. The fraction of sp³-hybridized carbons (Fsp3) is 0.0294. The molecule has 0 amide bonds. The number of hydrogen-bond donors (Lipinski definition) is 0. The van der Waals surface area contributed by atoms with Crippen molar-refractivity contribution in [3.8, 4) is 44.5 Å². The van der Waals surface area contributed by atoms with Crippen LogP contribution in [0.15, 0.2) is 261 Å². The maximum absolute atomic E-state index is 2.51. The highest BCUT2D eigenvalue weighted by atomic mass is 32.1. The molecule has 0 atom stereocenters. The van der Waals surface area contributed by atoms with Crippen molar-refractivity contribution in [1.29, 1.82) is 0 Å². The van der Waals surface area contributed by atoms with Crippen LogP contribution >= 0.6 is 11.3 Å². The zero-order valence-corrected chi connectivity index (χ0v) is 39.0. The molecule has 0 radical (unpaired) electrons. The summed E-state index contributed by atoms with van der Waals surface area (Å²) in [6.07, 6.45) is 0. The Morgan fingerprint density at radius 3 is 1.30 bits per heavy atom. The van der Waals surface area contributed by atoms with E-state index in [1.807, 2.05) is 11.3 Å². The number of benzene rings is 11. The third-order valence-corrected chi connectivity index (χ3v) is 16.9. The molecule has 0 bridgehead atoms. The summed E-state index contributed by atoms with van der Waals surface area (Å²) in [7, 11) is 0. The Hall–Kier alpha value is -8.56. The molecule has 12 aromatic rings. The highest BCUT2D eigenvalue weighted by Crippen LogP contribution is 2.67. The molecule has 326 valence electrons. The van der Waals surface area contributed by atoms with Crippen molar-refractivity contribution < 1.29 is 0 Å². The molecule has 0 fully saturated rings.